The summed E-state index contributed by atoms with van der Waals surface area (Å²) in [6.45, 7) is 3.75. The number of hydrogen-bond acceptors (Lipinski definition) is 4. The van der Waals surface area contributed by atoms with Crippen LogP contribution in [0.3, 0.4) is 0 Å². The highest BCUT2D eigenvalue weighted by Crippen LogP contribution is 2.23. The first kappa shape index (κ1) is 20.5. The summed E-state index contributed by atoms with van der Waals surface area (Å²) in [5.41, 5.74) is 1.58. The molecule has 0 spiro atoms. The number of halogens is 1. The molecule has 3 aromatic rings. The Bertz CT molecular complexity index is 1000. The van der Waals surface area contributed by atoms with Crippen LogP contribution < -0.4 is 15.4 Å². The van der Waals surface area contributed by atoms with Crippen molar-refractivity contribution in [2.24, 2.45) is 0 Å². The Hall–Kier alpha value is -3.25. The van der Waals surface area contributed by atoms with Crippen LogP contribution in [0.25, 0.3) is 0 Å². The maximum Gasteiger partial charge on any atom is 0.265 e. The van der Waals surface area contributed by atoms with Crippen LogP contribution in [0.4, 0.5) is 5.69 Å². The number of para-hydroxylation sites is 1. The van der Waals surface area contributed by atoms with Gasteiger partial charge in [-0.25, -0.2) is 0 Å². The molecule has 6 nitrogen and oxygen atoms in total. The molecule has 0 bridgehead atoms. The monoisotopic (exact) mass is 412 g/mol. The van der Waals surface area contributed by atoms with Gasteiger partial charge in [0.15, 0.2) is 6.10 Å². The number of amides is 2. The molecule has 0 unspecified atom stereocenters. The summed E-state index contributed by atoms with van der Waals surface area (Å²) in [5, 5.41) is 6.13. The van der Waals surface area contributed by atoms with E-state index in [1.165, 1.54) is 0 Å². The van der Waals surface area contributed by atoms with Crippen LogP contribution in [0.2, 0.25) is 5.02 Å². The topological polar surface area (TPSA) is 80.6 Å². The largest absolute Gasteiger partial charge is 0.481 e. The minimum Gasteiger partial charge on any atom is -0.481 e. The molecule has 1 heterocycles. The average molecular weight is 413 g/mol. The number of ether oxygens (including phenoxy) is 1. The second-order valence-electron chi connectivity index (χ2n) is 6.47. The molecule has 0 aliphatic rings. The highest BCUT2D eigenvalue weighted by molar-refractivity contribution is 6.30. The van der Waals surface area contributed by atoms with Crippen molar-refractivity contribution in [2.75, 3.05) is 5.32 Å². The maximum absolute atomic E-state index is 12.6. The van der Waals surface area contributed by atoms with E-state index in [0.717, 1.165) is 5.56 Å². The van der Waals surface area contributed by atoms with E-state index < -0.39 is 6.10 Å². The molecule has 7 heteroatoms. The van der Waals surface area contributed by atoms with E-state index in [0.29, 0.717) is 27.8 Å². The minimum atomic E-state index is -0.769. The van der Waals surface area contributed by atoms with Gasteiger partial charge in [0.1, 0.15) is 11.5 Å². The molecule has 150 valence electrons. The third-order valence-electron chi connectivity index (χ3n) is 4.24. The molecule has 2 aromatic carbocycles. The predicted molar refractivity (Wildman–Crippen MR) is 111 cm³/mol. The van der Waals surface area contributed by atoms with E-state index in [4.69, 9.17) is 20.8 Å². The van der Waals surface area contributed by atoms with Gasteiger partial charge in [-0.2, -0.15) is 0 Å². The van der Waals surface area contributed by atoms with E-state index in [1.807, 2.05) is 6.92 Å². The first-order valence-corrected chi connectivity index (χ1v) is 9.45. The van der Waals surface area contributed by atoms with Crippen molar-refractivity contribution in [1.82, 2.24) is 5.32 Å². The van der Waals surface area contributed by atoms with Gasteiger partial charge < -0.3 is 19.8 Å². The summed E-state index contributed by atoms with van der Waals surface area (Å²) in [7, 11) is 0. The fraction of sp³-hybridized carbons (Fsp3) is 0.182. The lowest BCUT2D eigenvalue weighted by Crippen LogP contribution is -2.31. The van der Waals surface area contributed by atoms with E-state index in [1.54, 1.807) is 67.8 Å². The van der Waals surface area contributed by atoms with Gasteiger partial charge in [-0.15, -0.1) is 0 Å². The number of nitrogens with one attached hydrogen (secondary N) is 2. The molecule has 0 aliphatic heterocycles. The Kier molecular flexibility index (Phi) is 6.57. The van der Waals surface area contributed by atoms with Crippen molar-refractivity contribution in [2.45, 2.75) is 26.5 Å². The van der Waals surface area contributed by atoms with Gasteiger partial charge in [0.25, 0.3) is 11.8 Å². The Morgan fingerprint density at radius 1 is 1.14 bits per heavy atom. The highest BCUT2D eigenvalue weighted by atomic mass is 35.5. The number of hydrogen-bond donors (Lipinski definition) is 2. The van der Waals surface area contributed by atoms with E-state index in [-0.39, 0.29) is 18.4 Å². The molecule has 0 fully saturated rings. The number of benzene rings is 2. The molecular weight excluding hydrogens is 392 g/mol. The lowest BCUT2D eigenvalue weighted by Gasteiger charge is -2.17. The van der Waals surface area contributed by atoms with Crippen LogP contribution >= 0.6 is 11.6 Å². The van der Waals surface area contributed by atoms with Crippen molar-refractivity contribution in [3.63, 3.8) is 0 Å². The quantitative estimate of drug-likeness (QED) is 0.595. The fourth-order valence-corrected chi connectivity index (χ4v) is 2.92. The van der Waals surface area contributed by atoms with Crippen molar-refractivity contribution in [3.8, 4) is 5.75 Å². The molecule has 1 aromatic heterocycles. The zero-order valence-corrected chi connectivity index (χ0v) is 16.8. The summed E-state index contributed by atoms with van der Waals surface area (Å²) in [6.07, 6.45) is 0.772. The van der Waals surface area contributed by atoms with E-state index >= 15 is 0 Å². The molecule has 0 aliphatic carbocycles. The molecular formula is C22H21ClN2O4. The molecule has 29 heavy (non-hydrogen) atoms. The first-order chi connectivity index (χ1) is 13.9. The summed E-state index contributed by atoms with van der Waals surface area (Å²) in [4.78, 5) is 25.1. The molecule has 0 saturated carbocycles. The normalized spacial score (nSPS) is 11.6. The minimum absolute atomic E-state index is 0.253. The van der Waals surface area contributed by atoms with Gasteiger partial charge in [-0.3, -0.25) is 9.59 Å². The highest BCUT2D eigenvalue weighted by Gasteiger charge is 2.19. The summed E-state index contributed by atoms with van der Waals surface area (Å²) in [5.74, 6) is 0.520. The number of furan rings is 1. The molecule has 0 saturated heterocycles. The van der Waals surface area contributed by atoms with Gasteiger partial charge in [-0.1, -0.05) is 23.7 Å². The Labute approximate surface area is 173 Å². The van der Waals surface area contributed by atoms with Crippen LogP contribution in [0, 0.1) is 6.92 Å². The number of rotatable bonds is 7. The third kappa shape index (κ3) is 5.39. The number of carbonyl (C=O) groups excluding carboxylic acids is 2. The van der Waals surface area contributed by atoms with E-state index in [2.05, 4.69) is 10.6 Å². The molecule has 2 N–H and O–H groups in total. The van der Waals surface area contributed by atoms with Crippen LogP contribution in [-0.2, 0) is 11.3 Å². The molecule has 2 amide bonds. The molecule has 1 atom stereocenters. The standard InChI is InChI=1S/C22H21ClN2O4/c1-14-12-16(23)9-10-20(14)29-15(2)21(26)25-19-8-4-3-7-18(19)22(27)24-13-17-6-5-11-28-17/h3-12,15H,13H2,1-2H3,(H,24,27)(H,25,26)/t15-/m1/s1. The Balaban J connectivity index is 1.66. The van der Waals surface area contributed by atoms with E-state index in [9.17, 15) is 9.59 Å². The van der Waals surface area contributed by atoms with Gasteiger partial charge in [-0.05, 0) is 61.9 Å². The van der Waals surface area contributed by atoms with Gasteiger partial charge in [0.05, 0.1) is 24.1 Å². The van der Waals surface area contributed by atoms with Crippen molar-refractivity contribution >= 4 is 29.1 Å². The predicted octanol–water partition coefficient (Wildman–Crippen LogP) is 4.58. The van der Waals surface area contributed by atoms with Crippen molar-refractivity contribution < 1.29 is 18.7 Å². The fourth-order valence-electron chi connectivity index (χ4n) is 2.69. The lowest BCUT2D eigenvalue weighted by atomic mass is 10.1. The zero-order chi connectivity index (χ0) is 20.8. The number of anilines is 1. The Morgan fingerprint density at radius 3 is 2.66 bits per heavy atom. The summed E-state index contributed by atoms with van der Waals surface area (Å²) in [6, 6.07) is 15.5. The van der Waals surface area contributed by atoms with Gasteiger partial charge >= 0.3 is 0 Å². The lowest BCUT2D eigenvalue weighted by molar-refractivity contribution is -0.122. The smallest absolute Gasteiger partial charge is 0.265 e. The van der Waals surface area contributed by atoms with Crippen molar-refractivity contribution in [1.29, 1.82) is 0 Å². The second kappa shape index (κ2) is 9.30. The maximum atomic E-state index is 12.6. The first-order valence-electron chi connectivity index (χ1n) is 9.07. The second-order valence-corrected chi connectivity index (χ2v) is 6.90. The number of carbonyl (C=O) groups is 2. The van der Waals surface area contributed by atoms with Crippen LogP contribution in [0.5, 0.6) is 5.75 Å². The van der Waals surface area contributed by atoms with Gasteiger partial charge in [0, 0.05) is 5.02 Å². The average Bonchev–Trinajstić information content (AvgIpc) is 3.22. The van der Waals surface area contributed by atoms with Crippen LogP contribution in [0.1, 0.15) is 28.6 Å². The molecule has 3 rings (SSSR count). The van der Waals surface area contributed by atoms with Crippen LogP contribution in [0.15, 0.2) is 65.3 Å². The third-order valence-corrected chi connectivity index (χ3v) is 4.48. The SMILES string of the molecule is Cc1cc(Cl)ccc1O[C@H](C)C(=O)Nc1ccccc1C(=O)NCc1ccco1. The van der Waals surface area contributed by atoms with Crippen LogP contribution in [-0.4, -0.2) is 17.9 Å². The molecule has 0 radical (unpaired) electrons. The van der Waals surface area contributed by atoms with Gasteiger partial charge in [0.2, 0.25) is 0 Å². The summed E-state index contributed by atoms with van der Waals surface area (Å²) < 4.78 is 11.0. The zero-order valence-electron chi connectivity index (χ0n) is 16.1. The number of aryl methyl sites for hydroxylation is 1. The summed E-state index contributed by atoms with van der Waals surface area (Å²) >= 11 is 5.95. The van der Waals surface area contributed by atoms with Crippen molar-refractivity contribution in [3.05, 3.63) is 82.8 Å². The Morgan fingerprint density at radius 2 is 1.93 bits per heavy atom.